The highest BCUT2D eigenvalue weighted by Gasteiger charge is 2.39. The van der Waals surface area contributed by atoms with Crippen molar-refractivity contribution in [3.8, 4) is 0 Å². The smallest absolute Gasteiger partial charge is 0.0664 e. The maximum absolute atomic E-state index is 6.44. The van der Waals surface area contributed by atoms with Gasteiger partial charge < -0.3 is 4.74 Å². The van der Waals surface area contributed by atoms with E-state index >= 15 is 0 Å². The Balaban J connectivity index is 4.96. The number of ether oxygens (including phenoxy) is 1. The first-order chi connectivity index (χ1) is 8.04. The lowest BCUT2D eigenvalue weighted by Crippen LogP contribution is -2.44. The largest absolute Gasteiger partial charge is 0.369 e. The molecule has 2 heteroatoms. The van der Waals surface area contributed by atoms with Crippen molar-refractivity contribution in [3.63, 3.8) is 0 Å². The van der Waals surface area contributed by atoms with Gasteiger partial charge in [-0.05, 0) is 51.9 Å². The third kappa shape index (κ3) is 5.13. The fourth-order valence-electron chi connectivity index (χ4n) is 2.39. The van der Waals surface area contributed by atoms with Gasteiger partial charge in [-0.1, -0.05) is 34.6 Å². The normalized spacial score (nSPS) is 21.2. The average molecular weight is 275 g/mol. The molecule has 0 aromatic rings. The lowest BCUT2D eigenvalue weighted by Gasteiger charge is -2.44. The van der Waals surface area contributed by atoms with Gasteiger partial charge in [0.15, 0.2) is 0 Å². The SMILES string of the molecule is CCC(C)(C)OC(C)(CC)CC(C)(CC)C(C)S. The minimum absolute atomic E-state index is 0.0424. The van der Waals surface area contributed by atoms with Crippen LogP contribution in [-0.2, 0) is 4.74 Å². The Morgan fingerprint density at radius 3 is 1.72 bits per heavy atom. The van der Waals surface area contributed by atoms with E-state index in [0.29, 0.717) is 5.25 Å². The number of thiol groups is 1. The molecular weight excluding hydrogens is 240 g/mol. The van der Waals surface area contributed by atoms with Crippen LogP contribution in [0.3, 0.4) is 0 Å². The molecule has 0 aliphatic carbocycles. The van der Waals surface area contributed by atoms with Gasteiger partial charge in [-0.25, -0.2) is 0 Å². The molecule has 3 atom stereocenters. The molecule has 0 N–H and O–H groups in total. The molecule has 0 bridgehead atoms. The number of hydrogen-bond donors (Lipinski definition) is 1. The Morgan fingerprint density at radius 1 is 0.944 bits per heavy atom. The second kappa shape index (κ2) is 6.65. The Bertz CT molecular complexity index is 249. The molecule has 0 saturated carbocycles. The predicted molar refractivity (Wildman–Crippen MR) is 85.6 cm³/mol. The van der Waals surface area contributed by atoms with E-state index in [1.165, 1.54) is 0 Å². The van der Waals surface area contributed by atoms with Crippen LogP contribution in [0.25, 0.3) is 0 Å². The van der Waals surface area contributed by atoms with Gasteiger partial charge in [-0.3, -0.25) is 0 Å². The van der Waals surface area contributed by atoms with Crippen LogP contribution in [0.5, 0.6) is 0 Å². The number of hydrogen-bond acceptors (Lipinski definition) is 2. The molecule has 0 aromatic heterocycles. The van der Waals surface area contributed by atoms with Crippen LogP contribution < -0.4 is 0 Å². The summed E-state index contributed by atoms with van der Waals surface area (Å²) in [5, 5.41) is 0.390. The zero-order valence-electron chi connectivity index (χ0n) is 13.8. The first-order valence-corrected chi connectivity index (χ1v) is 7.94. The summed E-state index contributed by atoms with van der Waals surface area (Å²) >= 11 is 4.69. The summed E-state index contributed by atoms with van der Waals surface area (Å²) < 4.78 is 6.44. The van der Waals surface area contributed by atoms with Crippen molar-refractivity contribution in [1.82, 2.24) is 0 Å². The Morgan fingerprint density at radius 2 is 1.44 bits per heavy atom. The summed E-state index contributed by atoms with van der Waals surface area (Å²) in [4.78, 5) is 0. The predicted octanol–water partition coefficient (Wildman–Crippen LogP) is 5.49. The molecule has 3 unspecified atom stereocenters. The maximum atomic E-state index is 6.44. The van der Waals surface area contributed by atoms with E-state index in [0.717, 1.165) is 25.7 Å². The van der Waals surface area contributed by atoms with Gasteiger partial charge in [0.05, 0.1) is 11.2 Å². The van der Waals surface area contributed by atoms with Crippen LogP contribution in [0.4, 0.5) is 0 Å². The first kappa shape index (κ1) is 18.3. The van der Waals surface area contributed by atoms with Crippen molar-refractivity contribution in [2.45, 2.75) is 97.5 Å². The van der Waals surface area contributed by atoms with E-state index in [1.807, 2.05) is 0 Å². The lowest BCUT2D eigenvalue weighted by molar-refractivity contribution is -0.151. The van der Waals surface area contributed by atoms with Crippen LogP contribution in [0.15, 0.2) is 0 Å². The average Bonchev–Trinajstić information content (AvgIpc) is 2.28. The quantitative estimate of drug-likeness (QED) is 0.576. The lowest BCUT2D eigenvalue weighted by atomic mass is 9.74. The molecule has 0 aromatic carbocycles. The molecular formula is C16H34OS. The van der Waals surface area contributed by atoms with E-state index in [2.05, 4.69) is 68.0 Å². The van der Waals surface area contributed by atoms with Crippen molar-refractivity contribution >= 4 is 12.6 Å². The molecule has 110 valence electrons. The van der Waals surface area contributed by atoms with Gasteiger partial charge in [0, 0.05) is 5.25 Å². The second-order valence-corrected chi connectivity index (χ2v) is 7.65. The zero-order chi connectivity index (χ0) is 14.6. The highest BCUT2D eigenvalue weighted by Crippen LogP contribution is 2.42. The van der Waals surface area contributed by atoms with Crippen LogP contribution in [-0.4, -0.2) is 16.5 Å². The van der Waals surface area contributed by atoms with Gasteiger partial charge >= 0.3 is 0 Å². The minimum Gasteiger partial charge on any atom is -0.369 e. The topological polar surface area (TPSA) is 9.23 Å². The molecule has 0 aliphatic rings. The van der Waals surface area contributed by atoms with Gasteiger partial charge in [0.2, 0.25) is 0 Å². The fourth-order valence-corrected chi connectivity index (χ4v) is 2.67. The monoisotopic (exact) mass is 274 g/mol. The van der Waals surface area contributed by atoms with Crippen molar-refractivity contribution in [2.75, 3.05) is 0 Å². The van der Waals surface area contributed by atoms with E-state index in [-0.39, 0.29) is 16.6 Å². The fraction of sp³-hybridized carbons (Fsp3) is 1.00. The maximum Gasteiger partial charge on any atom is 0.0664 e. The molecule has 0 saturated heterocycles. The molecule has 0 spiro atoms. The van der Waals surface area contributed by atoms with Gasteiger partial charge in [0.25, 0.3) is 0 Å². The number of rotatable bonds is 8. The highest BCUT2D eigenvalue weighted by molar-refractivity contribution is 7.81. The van der Waals surface area contributed by atoms with E-state index in [1.54, 1.807) is 0 Å². The van der Waals surface area contributed by atoms with Crippen molar-refractivity contribution in [1.29, 1.82) is 0 Å². The Kier molecular flexibility index (Phi) is 6.77. The third-order valence-corrected chi connectivity index (χ3v) is 5.34. The van der Waals surface area contributed by atoms with Crippen molar-refractivity contribution in [2.24, 2.45) is 5.41 Å². The molecule has 18 heavy (non-hydrogen) atoms. The van der Waals surface area contributed by atoms with Crippen molar-refractivity contribution in [3.05, 3.63) is 0 Å². The molecule has 0 heterocycles. The van der Waals surface area contributed by atoms with Gasteiger partial charge in [0.1, 0.15) is 0 Å². The molecule has 0 aliphatic heterocycles. The van der Waals surface area contributed by atoms with Gasteiger partial charge in [-0.2, -0.15) is 12.6 Å². The molecule has 0 radical (unpaired) electrons. The van der Waals surface area contributed by atoms with E-state index in [4.69, 9.17) is 4.74 Å². The zero-order valence-corrected chi connectivity index (χ0v) is 14.7. The highest BCUT2D eigenvalue weighted by atomic mass is 32.1. The summed E-state index contributed by atoms with van der Waals surface area (Å²) in [5.41, 5.74) is 0.137. The second-order valence-electron chi connectivity index (χ2n) is 6.88. The molecule has 0 rings (SSSR count). The Labute approximate surface area is 120 Å². The summed E-state index contributed by atoms with van der Waals surface area (Å²) in [6, 6.07) is 0. The molecule has 0 fully saturated rings. The summed E-state index contributed by atoms with van der Waals surface area (Å²) in [6.07, 6.45) is 4.30. The standard InChI is InChI=1S/C16H34OS/c1-9-14(5,6)17-16(8,11-3)12-15(7,10-2)13(4)18/h13,18H,9-12H2,1-8H3. The molecule has 0 amide bonds. The van der Waals surface area contributed by atoms with Crippen LogP contribution in [0.2, 0.25) is 0 Å². The van der Waals surface area contributed by atoms with E-state index < -0.39 is 0 Å². The summed E-state index contributed by atoms with van der Waals surface area (Å²) in [7, 11) is 0. The van der Waals surface area contributed by atoms with Crippen LogP contribution in [0.1, 0.15) is 81.1 Å². The summed E-state index contributed by atoms with van der Waals surface area (Å²) in [6.45, 7) is 17.8. The molecule has 1 nitrogen and oxygen atoms in total. The first-order valence-electron chi connectivity index (χ1n) is 7.42. The van der Waals surface area contributed by atoms with Crippen molar-refractivity contribution < 1.29 is 4.74 Å². The Hall–Kier alpha value is 0.310. The van der Waals surface area contributed by atoms with Crippen LogP contribution in [0, 0.1) is 5.41 Å². The van der Waals surface area contributed by atoms with Gasteiger partial charge in [-0.15, -0.1) is 0 Å². The van der Waals surface area contributed by atoms with E-state index in [9.17, 15) is 0 Å². The third-order valence-electron chi connectivity index (χ3n) is 4.72. The summed E-state index contributed by atoms with van der Waals surface area (Å²) in [5.74, 6) is 0. The minimum atomic E-state index is -0.0543. The van der Waals surface area contributed by atoms with Crippen LogP contribution >= 0.6 is 12.6 Å².